The van der Waals surface area contributed by atoms with Crippen molar-refractivity contribution in [2.75, 3.05) is 30.3 Å². The number of sulfonamides is 1. The highest BCUT2D eigenvalue weighted by molar-refractivity contribution is 7.92. The number of benzene rings is 2. The zero-order chi connectivity index (χ0) is 25.6. The first-order chi connectivity index (χ1) is 16.6. The highest BCUT2D eigenvalue weighted by atomic mass is 32.2. The highest BCUT2D eigenvalue weighted by Gasteiger charge is 2.32. The molecule has 1 atom stereocenters. The molecule has 0 saturated carbocycles. The van der Waals surface area contributed by atoms with Crippen molar-refractivity contribution in [1.82, 2.24) is 10.2 Å². The minimum absolute atomic E-state index is 0.101. The normalized spacial score (nSPS) is 13.7. The van der Waals surface area contributed by atoms with Crippen LogP contribution in [0.3, 0.4) is 0 Å². The van der Waals surface area contributed by atoms with Gasteiger partial charge in [0.05, 0.1) is 11.9 Å². The SMILES string of the molecule is CCC(C(=O)NC(C)C)N(Cc1ccccc1)C(=O)CN(c1ccc2c(c1)OCCO2)S(C)(=O)=O. The molecule has 190 valence electrons. The number of nitrogens with zero attached hydrogens (tertiary/aromatic N) is 2. The Bertz CT molecular complexity index is 1140. The Labute approximate surface area is 207 Å². The second-order valence-electron chi connectivity index (χ2n) is 8.69. The average Bonchev–Trinajstić information content (AvgIpc) is 2.81. The molecule has 1 N–H and O–H groups in total. The largest absolute Gasteiger partial charge is 0.486 e. The number of nitrogens with one attached hydrogen (secondary N) is 1. The Hall–Kier alpha value is -3.27. The molecule has 1 aliphatic heterocycles. The fourth-order valence-electron chi connectivity index (χ4n) is 3.88. The van der Waals surface area contributed by atoms with Gasteiger partial charge in [-0.05, 0) is 38.0 Å². The monoisotopic (exact) mass is 503 g/mol. The summed E-state index contributed by atoms with van der Waals surface area (Å²) >= 11 is 0. The van der Waals surface area contributed by atoms with E-state index in [1.54, 1.807) is 18.2 Å². The van der Waals surface area contributed by atoms with Crippen molar-refractivity contribution in [2.45, 2.75) is 45.8 Å². The van der Waals surface area contributed by atoms with Gasteiger partial charge in [0.25, 0.3) is 0 Å². The molecule has 0 radical (unpaired) electrons. The lowest BCUT2D eigenvalue weighted by molar-refractivity contribution is -0.140. The number of carbonyl (C=O) groups is 2. The van der Waals surface area contributed by atoms with Crippen LogP contribution in [0.4, 0.5) is 5.69 Å². The molecule has 0 aliphatic carbocycles. The number of hydrogen-bond donors (Lipinski definition) is 1. The van der Waals surface area contributed by atoms with E-state index in [1.165, 1.54) is 4.90 Å². The van der Waals surface area contributed by atoms with Crippen molar-refractivity contribution in [1.29, 1.82) is 0 Å². The van der Waals surface area contributed by atoms with Crippen molar-refractivity contribution < 1.29 is 27.5 Å². The van der Waals surface area contributed by atoms with E-state index in [0.29, 0.717) is 31.1 Å². The Balaban J connectivity index is 1.94. The molecule has 2 aromatic carbocycles. The third-order valence-electron chi connectivity index (χ3n) is 5.51. The molecule has 1 unspecified atom stereocenters. The Morgan fingerprint density at radius 2 is 1.69 bits per heavy atom. The molecule has 2 amide bonds. The fourth-order valence-corrected chi connectivity index (χ4v) is 4.72. The van der Waals surface area contributed by atoms with Crippen LogP contribution < -0.4 is 19.1 Å². The van der Waals surface area contributed by atoms with Crippen LogP contribution in [0.2, 0.25) is 0 Å². The van der Waals surface area contributed by atoms with Gasteiger partial charge in [-0.15, -0.1) is 0 Å². The van der Waals surface area contributed by atoms with Gasteiger partial charge in [0, 0.05) is 18.7 Å². The lowest BCUT2D eigenvalue weighted by Gasteiger charge is -2.33. The summed E-state index contributed by atoms with van der Waals surface area (Å²) in [6, 6.07) is 13.2. The Morgan fingerprint density at radius 3 is 2.29 bits per heavy atom. The van der Waals surface area contributed by atoms with E-state index in [2.05, 4.69) is 5.32 Å². The van der Waals surface area contributed by atoms with Gasteiger partial charge >= 0.3 is 0 Å². The first-order valence-electron chi connectivity index (χ1n) is 11.6. The third kappa shape index (κ3) is 6.88. The molecular formula is C25H33N3O6S. The number of amides is 2. The molecule has 0 aromatic heterocycles. The number of rotatable bonds is 10. The van der Waals surface area contributed by atoms with Gasteiger partial charge in [0.2, 0.25) is 21.8 Å². The minimum atomic E-state index is -3.83. The summed E-state index contributed by atoms with van der Waals surface area (Å²) in [5, 5.41) is 2.87. The van der Waals surface area contributed by atoms with E-state index in [0.717, 1.165) is 16.1 Å². The summed E-state index contributed by atoms with van der Waals surface area (Å²) in [4.78, 5) is 28.1. The lowest BCUT2D eigenvalue weighted by Crippen LogP contribution is -2.53. The molecule has 1 heterocycles. The maximum absolute atomic E-state index is 13.6. The van der Waals surface area contributed by atoms with Crippen molar-refractivity contribution >= 4 is 27.5 Å². The summed E-state index contributed by atoms with van der Waals surface area (Å²) in [6.45, 7) is 5.99. The topological polar surface area (TPSA) is 105 Å². The van der Waals surface area contributed by atoms with Crippen LogP contribution in [0.1, 0.15) is 32.8 Å². The molecule has 35 heavy (non-hydrogen) atoms. The number of anilines is 1. The predicted octanol–water partition coefficient (Wildman–Crippen LogP) is 2.56. The van der Waals surface area contributed by atoms with E-state index in [-0.39, 0.29) is 24.2 Å². The van der Waals surface area contributed by atoms with Crippen molar-refractivity contribution in [3.63, 3.8) is 0 Å². The van der Waals surface area contributed by atoms with Crippen LogP contribution in [0.25, 0.3) is 0 Å². The number of fused-ring (bicyclic) bond motifs is 1. The van der Waals surface area contributed by atoms with E-state index in [9.17, 15) is 18.0 Å². The van der Waals surface area contributed by atoms with E-state index < -0.39 is 28.5 Å². The van der Waals surface area contributed by atoms with Crippen molar-refractivity contribution in [2.24, 2.45) is 0 Å². The standard InChI is InChI=1S/C25H33N3O6S/c1-5-21(25(30)26-18(2)3)27(16-19-9-7-6-8-10-19)24(29)17-28(35(4,31)32)20-11-12-22-23(15-20)34-14-13-33-22/h6-12,15,18,21H,5,13-14,16-17H2,1-4H3,(H,26,30). The first kappa shape index (κ1) is 26.3. The second-order valence-corrected chi connectivity index (χ2v) is 10.6. The van der Waals surface area contributed by atoms with Gasteiger partial charge < -0.3 is 19.7 Å². The molecule has 0 saturated heterocycles. The van der Waals surface area contributed by atoms with E-state index in [1.807, 2.05) is 51.1 Å². The Morgan fingerprint density at radius 1 is 1.03 bits per heavy atom. The quantitative estimate of drug-likeness (QED) is 0.534. The fraction of sp³-hybridized carbons (Fsp3) is 0.440. The van der Waals surface area contributed by atoms with Gasteiger partial charge in [-0.2, -0.15) is 0 Å². The zero-order valence-corrected chi connectivity index (χ0v) is 21.4. The van der Waals surface area contributed by atoms with Gasteiger partial charge in [-0.1, -0.05) is 37.3 Å². The summed E-state index contributed by atoms with van der Waals surface area (Å²) in [6.07, 6.45) is 1.42. The van der Waals surface area contributed by atoms with Crippen LogP contribution in [0.15, 0.2) is 48.5 Å². The average molecular weight is 504 g/mol. The summed E-state index contributed by atoms with van der Waals surface area (Å²) in [5.41, 5.74) is 1.12. The maximum Gasteiger partial charge on any atom is 0.244 e. The number of hydrogen-bond acceptors (Lipinski definition) is 6. The molecule has 0 fully saturated rings. The van der Waals surface area contributed by atoms with Gasteiger partial charge in [0.1, 0.15) is 25.8 Å². The predicted molar refractivity (Wildman–Crippen MR) is 134 cm³/mol. The van der Waals surface area contributed by atoms with Crippen LogP contribution in [0.5, 0.6) is 11.5 Å². The lowest BCUT2D eigenvalue weighted by atomic mass is 10.1. The molecule has 2 aromatic rings. The Kier molecular flexibility index (Phi) is 8.61. The summed E-state index contributed by atoms with van der Waals surface area (Å²) in [7, 11) is -3.83. The summed E-state index contributed by atoms with van der Waals surface area (Å²) in [5.74, 6) is 0.164. The van der Waals surface area contributed by atoms with Gasteiger partial charge in [0.15, 0.2) is 11.5 Å². The van der Waals surface area contributed by atoms with E-state index in [4.69, 9.17) is 9.47 Å². The first-order valence-corrected chi connectivity index (χ1v) is 13.5. The molecule has 9 nitrogen and oxygen atoms in total. The molecule has 1 aliphatic rings. The number of ether oxygens (including phenoxy) is 2. The molecule has 10 heteroatoms. The maximum atomic E-state index is 13.6. The van der Waals surface area contributed by atoms with Crippen LogP contribution in [-0.4, -0.2) is 63.2 Å². The molecule has 0 spiro atoms. The van der Waals surface area contributed by atoms with E-state index >= 15 is 0 Å². The number of carbonyl (C=O) groups excluding carboxylic acids is 2. The van der Waals surface area contributed by atoms with Gasteiger partial charge in [-0.25, -0.2) is 8.42 Å². The zero-order valence-electron chi connectivity index (χ0n) is 20.6. The van der Waals surface area contributed by atoms with Crippen LogP contribution in [0, 0.1) is 0 Å². The van der Waals surface area contributed by atoms with Crippen molar-refractivity contribution in [3.8, 4) is 11.5 Å². The molecular weight excluding hydrogens is 470 g/mol. The third-order valence-corrected chi connectivity index (χ3v) is 6.65. The smallest absolute Gasteiger partial charge is 0.244 e. The minimum Gasteiger partial charge on any atom is -0.486 e. The molecule has 3 rings (SSSR count). The summed E-state index contributed by atoms with van der Waals surface area (Å²) < 4.78 is 37.6. The van der Waals surface area contributed by atoms with Crippen LogP contribution >= 0.6 is 0 Å². The second kappa shape index (κ2) is 11.4. The van der Waals surface area contributed by atoms with Gasteiger partial charge in [-0.3, -0.25) is 13.9 Å². The molecule has 0 bridgehead atoms. The highest BCUT2D eigenvalue weighted by Crippen LogP contribution is 2.34. The van der Waals surface area contributed by atoms with Crippen molar-refractivity contribution in [3.05, 3.63) is 54.1 Å². The van der Waals surface area contributed by atoms with Crippen LogP contribution in [-0.2, 0) is 26.2 Å².